The van der Waals surface area contributed by atoms with Gasteiger partial charge in [0.15, 0.2) is 0 Å². The van der Waals surface area contributed by atoms with Gasteiger partial charge >= 0.3 is 6.03 Å². The van der Waals surface area contributed by atoms with Crippen LogP contribution >= 0.6 is 11.6 Å². The van der Waals surface area contributed by atoms with Crippen LogP contribution in [0.3, 0.4) is 0 Å². The van der Waals surface area contributed by atoms with Gasteiger partial charge in [-0.25, -0.2) is 18.2 Å². The molecule has 3 aromatic rings. The second kappa shape index (κ2) is 7.62. The number of aromatic nitrogens is 1. The average molecular weight is 444 g/mol. The number of pyridine rings is 1. The lowest BCUT2D eigenvalue weighted by Crippen LogP contribution is -2.50. The number of methoxy groups -OCH3 is 1. The van der Waals surface area contributed by atoms with E-state index in [1.807, 2.05) is 19.1 Å². The lowest BCUT2D eigenvalue weighted by atomic mass is 10.1. The molecule has 2 aromatic carbocycles. The van der Waals surface area contributed by atoms with Crippen LogP contribution in [0.2, 0.25) is 5.02 Å². The Morgan fingerprint density at radius 3 is 2.53 bits per heavy atom. The van der Waals surface area contributed by atoms with Crippen molar-refractivity contribution in [1.82, 2.24) is 4.98 Å². The van der Waals surface area contributed by atoms with Gasteiger partial charge in [-0.15, -0.1) is 0 Å². The third-order valence-corrected chi connectivity index (χ3v) is 6.88. The number of halogens is 1. The van der Waals surface area contributed by atoms with E-state index in [2.05, 4.69) is 4.98 Å². The van der Waals surface area contributed by atoms with Crippen molar-refractivity contribution in [1.29, 1.82) is 0 Å². The van der Waals surface area contributed by atoms with E-state index in [-0.39, 0.29) is 17.1 Å². The maximum Gasteiger partial charge on any atom is 0.343 e. The van der Waals surface area contributed by atoms with E-state index in [0.29, 0.717) is 22.2 Å². The Kier molecular flexibility index (Phi) is 5.13. The van der Waals surface area contributed by atoms with Crippen LogP contribution in [0.5, 0.6) is 5.88 Å². The molecule has 0 saturated heterocycles. The minimum Gasteiger partial charge on any atom is -0.481 e. The zero-order chi connectivity index (χ0) is 21.5. The number of amides is 2. The molecule has 154 valence electrons. The van der Waals surface area contributed by atoms with E-state index < -0.39 is 16.1 Å². The summed E-state index contributed by atoms with van der Waals surface area (Å²) in [5, 5.41) is 0.506. The molecule has 7 nitrogen and oxygen atoms in total. The molecule has 0 spiro atoms. The predicted octanol–water partition coefficient (Wildman–Crippen LogP) is 4.39. The highest BCUT2D eigenvalue weighted by atomic mass is 35.5. The molecule has 0 atom stereocenters. The van der Waals surface area contributed by atoms with Crippen molar-refractivity contribution in [3.63, 3.8) is 0 Å². The Labute approximate surface area is 179 Å². The molecule has 1 aromatic heterocycles. The van der Waals surface area contributed by atoms with Gasteiger partial charge in [0, 0.05) is 11.1 Å². The average Bonchev–Trinajstić information content (AvgIpc) is 2.73. The smallest absolute Gasteiger partial charge is 0.343 e. The maximum absolute atomic E-state index is 13.4. The second-order valence-electron chi connectivity index (χ2n) is 6.76. The molecule has 4 rings (SSSR count). The summed E-state index contributed by atoms with van der Waals surface area (Å²) in [5.41, 5.74) is 2.12. The summed E-state index contributed by atoms with van der Waals surface area (Å²) in [5.74, 6) is 0.310. The molecule has 0 radical (unpaired) electrons. The molecule has 0 bridgehead atoms. The number of sulfonamides is 1. The number of nitrogens with zero attached hydrogens (tertiary/aromatic N) is 3. The molecule has 1 aliphatic rings. The number of aryl methyl sites for hydroxylation is 1. The highest BCUT2D eigenvalue weighted by molar-refractivity contribution is 7.94. The fraction of sp³-hybridized carbons (Fsp3) is 0.143. The van der Waals surface area contributed by atoms with Gasteiger partial charge in [-0.2, -0.15) is 4.31 Å². The monoisotopic (exact) mass is 443 g/mol. The molecule has 0 N–H and O–H groups in total. The fourth-order valence-corrected chi connectivity index (χ4v) is 5.15. The molecule has 0 fully saturated rings. The third-order valence-electron chi connectivity index (χ3n) is 4.78. The number of rotatable bonds is 4. The number of carbonyl (C=O) groups is 1. The first-order valence-corrected chi connectivity index (χ1v) is 10.9. The van der Waals surface area contributed by atoms with Gasteiger partial charge in [-0.3, -0.25) is 4.90 Å². The van der Waals surface area contributed by atoms with Gasteiger partial charge in [0.1, 0.15) is 4.90 Å². The molecule has 0 saturated carbocycles. The van der Waals surface area contributed by atoms with Crippen LogP contribution in [0.15, 0.2) is 65.7 Å². The number of urea groups is 1. The number of anilines is 2. The summed E-state index contributed by atoms with van der Waals surface area (Å²) in [7, 11) is -2.67. The largest absolute Gasteiger partial charge is 0.481 e. The summed E-state index contributed by atoms with van der Waals surface area (Å²) < 4.78 is 32.3. The van der Waals surface area contributed by atoms with Crippen molar-refractivity contribution in [3.8, 4) is 5.88 Å². The summed E-state index contributed by atoms with van der Waals surface area (Å²) in [6.07, 6.45) is 1.29. The van der Waals surface area contributed by atoms with E-state index in [1.54, 1.807) is 24.3 Å². The summed E-state index contributed by atoms with van der Waals surface area (Å²) in [6.45, 7) is 2.03. The molecular formula is C21H18ClN3O4S. The van der Waals surface area contributed by atoms with Crippen molar-refractivity contribution in [2.75, 3.05) is 16.3 Å². The van der Waals surface area contributed by atoms with E-state index >= 15 is 0 Å². The van der Waals surface area contributed by atoms with E-state index in [0.717, 1.165) is 9.87 Å². The lowest BCUT2D eigenvalue weighted by Gasteiger charge is -2.36. The van der Waals surface area contributed by atoms with Crippen molar-refractivity contribution >= 4 is 39.0 Å². The van der Waals surface area contributed by atoms with Crippen molar-refractivity contribution in [2.45, 2.75) is 18.4 Å². The predicted molar refractivity (Wildman–Crippen MR) is 115 cm³/mol. The zero-order valence-electron chi connectivity index (χ0n) is 16.2. The van der Waals surface area contributed by atoms with E-state index in [9.17, 15) is 13.2 Å². The summed E-state index contributed by atoms with van der Waals surface area (Å²) in [6, 6.07) is 14.2. The van der Waals surface area contributed by atoms with Crippen molar-refractivity contribution in [2.24, 2.45) is 0 Å². The first kappa shape index (κ1) is 20.2. The highest BCUT2D eigenvalue weighted by Crippen LogP contribution is 2.38. The maximum atomic E-state index is 13.4. The van der Waals surface area contributed by atoms with Gasteiger partial charge < -0.3 is 4.74 Å². The van der Waals surface area contributed by atoms with E-state index in [4.69, 9.17) is 16.3 Å². The van der Waals surface area contributed by atoms with Crippen LogP contribution in [-0.2, 0) is 16.6 Å². The van der Waals surface area contributed by atoms with Gasteiger partial charge in [-0.1, -0.05) is 35.9 Å². The molecule has 0 unspecified atom stereocenters. The lowest BCUT2D eigenvalue weighted by molar-refractivity contribution is 0.253. The standard InChI is InChI=1S/C21H18ClN3O4S/c1-14-7-8-15(17(22)11-14)13-24-18-5-3-4-6-19(18)30(27,28)25(21(24)26)16-9-10-20(29-2)23-12-16/h3-12H,13H2,1-2H3. The van der Waals surface area contributed by atoms with Gasteiger partial charge in [0.25, 0.3) is 10.0 Å². The number of carbonyl (C=O) groups excluding carboxylic acids is 1. The number of fused-ring (bicyclic) bond motifs is 1. The highest BCUT2D eigenvalue weighted by Gasteiger charge is 2.42. The normalized spacial score (nSPS) is 15.1. The molecule has 1 aliphatic heterocycles. The topological polar surface area (TPSA) is 79.8 Å². The van der Waals surface area contributed by atoms with Crippen LogP contribution in [0, 0.1) is 6.92 Å². The number of para-hydroxylation sites is 1. The van der Waals surface area contributed by atoms with Crippen molar-refractivity contribution < 1.29 is 17.9 Å². The molecule has 2 heterocycles. The van der Waals surface area contributed by atoms with Crippen LogP contribution in [0.25, 0.3) is 0 Å². The SMILES string of the molecule is COc1ccc(N2C(=O)N(Cc3ccc(C)cc3Cl)c3ccccc3S2(=O)=O)cn1. The van der Waals surface area contributed by atoms with Crippen LogP contribution in [0.1, 0.15) is 11.1 Å². The molecule has 0 aliphatic carbocycles. The Morgan fingerprint density at radius 1 is 1.10 bits per heavy atom. The van der Waals surface area contributed by atoms with Gasteiger partial charge in [0.05, 0.1) is 31.2 Å². The Balaban J connectivity index is 1.84. The minimum absolute atomic E-state index is 0.0312. The van der Waals surface area contributed by atoms with Crippen molar-refractivity contribution in [3.05, 3.63) is 76.9 Å². The molecule has 9 heteroatoms. The Morgan fingerprint density at radius 2 is 1.87 bits per heavy atom. The first-order valence-electron chi connectivity index (χ1n) is 9.04. The molecule has 30 heavy (non-hydrogen) atoms. The minimum atomic E-state index is -4.12. The third kappa shape index (κ3) is 3.38. The second-order valence-corrected chi connectivity index (χ2v) is 8.92. The molecular weight excluding hydrogens is 426 g/mol. The molecule has 2 amide bonds. The number of hydrogen-bond acceptors (Lipinski definition) is 5. The van der Waals surface area contributed by atoms with Crippen LogP contribution in [-0.4, -0.2) is 26.5 Å². The van der Waals surface area contributed by atoms with Crippen LogP contribution in [0.4, 0.5) is 16.2 Å². The Bertz CT molecular complexity index is 1230. The van der Waals surface area contributed by atoms with Gasteiger partial charge in [0.2, 0.25) is 5.88 Å². The van der Waals surface area contributed by atoms with E-state index in [1.165, 1.54) is 36.4 Å². The fourth-order valence-electron chi connectivity index (χ4n) is 3.28. The first-order chi connectivity index (χ1) is 14.3. The van der Waals surface area contributed by atoms with Crippen LogP contribution < -0.4 is 13.9 Å². The number of benzene rings is 2. The number of hydrogen-bond donors (Lipinski definition) is 0. The number of ether oxygens (including phenoxy) is 1. The summed E-state index contributed by atoms with van der Waals surface area (Å²) in [4.78, 5) is 18.9. The Hall–Kier alpha value is -3.10. The summed E-state index contributed by atoms with van der Waals surface area (Å²) >= 11 is 6.37. The quantitative estimate of drug-likeness (QED) is 0.597. The zero-order valence-corrected chi connectivity index (χ0v) is 17.8. The van der Waals surface area contributed by atoms with Gasteiger partial charge in [-0.05, 0) is 42.3 Å².